The number of hydrogen-bond donors (Lipinski definition) is 1. The van der Waals surface area contributed by atoms with E-state index < -0.39 is 5.91 Å². The number of carbonyl (C=O) groups is 2. The van der Waals surface area contributed by atoms with E-state index in [1.54, 1.807) is 11.8 Å². The van der Waals surface area contributed by atoms with Crippen molar-refractivity contribution in [2.45, 2.75) is 25.8 Å². The lowest BCUT2D eigenvalue weighted by atomic mass is 10.1. The number of piperidine rings is 1. The van der Waals surface area contributed by atoms with Crippen LogP contribution in [0.4, 0.5) is 4.79 Å². The minimum atomic E-state index is -0.447. The van der Waals surface area contributed by atoms with Crippen LogP contribution in [0.2, 0.25) is 0 Å². The third kappa shape index (κ3) is 4.08. The van der Waals surface area contributed by atoms with Gasteiger partial charge in [0.05, 0.1) is 12.8 Å². The number of aromatic nitrogens is 4. The van der Waals surface area contributed by atoms with E-state index in [-0.39, 0.29) is 23.9 Å². The lowest BCUT2D eigenvalue weighted by Crippen LogP contribution is -2.46. The van der Waals surface area contributed by atoms with E-state index in [4.69, 9.17) is 9.26 Å². The highest BCUT2D eigenvalue weighted by atomic mass is 16.6. The summed E-state index contributed by atoms with van der Waals surface area (Å²) in [6.07, 6.45) is 5.46. The van der Waals surface area contributed by atoms with Gasteiger partial charge in [0.2, 0.25) is 5.82 Å². The minimum Gasteiger partial charge on any atom is -0.450 e. The summed E-state index contributed by atoms with van der Waals surface area (Å²) in [5.74, 6) is -0.374. The van der Waals surface area contributed by atoms with Gasteiger partial charge in [0, 0.05) is 31.5 Å². The van der Waals surface area contributed by atoms with Crippen LogP contribution in [0.15, 0.2) is 23.1 Å². The van der Waals surface area contributed by atoms with Crippen molar-refractivity contribution < 1.29 is 18.8 Å². The second-order valence-electron chi connectivity index (χ2n) is 5.45. The molecule has 0 atom stereocenters. The largest absolute Gasteiger partial charge is 0.450 e. The molecule has 1 aliphatic rings. The normalized spacial score (nSPS) is 15.0. The van der Waals surface area contributed by atoms with E-state index in [2.05, 4.69) is 25.4 Å². The van der Waals surface area contributed by atoms with Gasteiger partial charge in [-0.2, -0.15) is 4.98 Å². The molecule has 10 heteroatoms. The molecule has 10 nitrogen and oxygen atoms in total. The first kappa shape index (κ1) is 16.8. The number of nitrogens with one attached hydrogen (secondary N) is 1. The van der Waals surface area contributed by atoms with Crippen molar-refractivity contribution in [1.82, 2.24) is 30.3 Å². The molecule has 0 radical (unpaired) electrons. The number of hydrogen-bond acceptors (Lipinski definition) is 8. The summed E-state index contributed by atoms with van der Waals surface area (Å²) >= 11 is 0. The smallest absolute Gasteiger partial charge is 0.409 e. The van der Waals surface area contributed by atoms with E-state index in [1.165, 1.54) is 18.6 Å². The highest BCUT2D eigenvalue weighted by Crippen LogP contribution is 2.14. The molecule has 0 aliphatic carbocycles. The SMILES string of the molecule is CCOC(=O)N1CCC(NC(=O)c2nc(-c3cnccn3)no2)CC1. The summed E-state index contributed by atoms with van der Waals surface area (Å²) in [4.78, 5) is 37.5. The van der Waals surface area contributed by atoms with Crippen LogP contribution in [-0.4, -0.2) is 62.7 Å². The molecular formula is C15H18N6O4. The van der Waals surface area contributed by atoms with Crippen LogP contribution in [0.5, 0.6) is 0 Å². The highest BCUT2D eigenvalue weighted by Gasteiger charge is 2.26. The molecular weight excluding hydrogens is 328 g/mol. The molecule has 1 saturated heterocycles. The van der Waals surface area contributed by atoms with Gasteiger partial charge in [0.1, 0.15) is 5.69 Å². The van der Waals surface area contributed by atoms with Gasteiger partial charge in [-0.15, -0.1) is 0 Å². The standard InChI is InChI=1S/C15H18N6O4/c1-2-24-15(23)21-7-3-10(4-8-21)18-13(22)14-19-12(20-25-14)11-9-16-5-6-17-11/h5-6,9-10H,2-4,7-8H2,1H3,(H,18,22). The Morgan fingerprint density at radius 3 is 2.84 bits per heavy atom. The third-order valence-electron chi connectivity index (χ3n) is 3.77. The summed E-state index contributed by atoms with van der Waals surface area (Å²) in [6, 6.07) is -0.0648. The highest BCUT2D eigenvalue weighted by molar-refractivity contribution is 5.90. The zero-order valence-corrected chi connectivity index (χ0v) is 13.7. The van der Waals surface area contributed by atoms with Gasteiger partial charge in [-0.25, -0.2) is 9.78 Å². The Morgan fingerprint density at radius 2 is 2.16 bits per heavy atom. The van der Waals surface area contributed by atoms with Gasteiger partial charge in [-0.05, 0) is 19.8 Å². The van der Waals surface area contributed by atoms with Crippen molar-refractivity contribution >= 4 is 12.0 Å². The van der Waals surface area contributed by atoms with Crippen molar-refractivity contribution in [2.24, 2.45) is 0 Å². The zero-order valence-electron chi connectivity index (χ0n) is 13.7. The molecule has 3 rings (SSSR count). The van der Waals surface area contributed by atoms with Crippen molar-refractivity contribution in [3.8, 4) is 11.5 Å². The summed E-state index contributed by atoms with van der Waals surface area (Å²) < 4.78 is 9.96. The predicted octanol–water partition coefficient (Wildman–Crippen LogP) is 0.877. The van der Waals surface area contributed by atoms with Crippen LogP contribution >= 0.6 is 0 Å². The molecule has 0 saturated carbocycles. The van der Waals surface area contributed by atoms with Crippen LogP contribution in [0.1, 0.15) is 30.5 Å². The summed E-state index contributed by atoms with van der Waals surface area (Å²) in [6.45, 7) is 3.17. The minimum absolute atomic E-state index is 0.0648. The van der Waals surface area contributed by atoms with Crippen molar-refractivity contribution in [3.05, 3.63) is 24.5 Å². The first-order valence-corrected chi connectivity index (χ1v) is 8.00. The van der Waals surface area contributed by atoms with Gasteiger partial charge in [-0.3, -0.25) is 9.78 Å². The monoisotopic (exact) mass is 346 g/mol. The molecule has 0 bridgehead atoms. The quantitative estimate of drug-likeness (QED) is 0.865. The molecule has 3 heterocycles. The van der Waals surface area contributed by atoms with Crippen LogP contribution in [0.3, 0.4) is 0 Å². The van der Waals surface area contributed by atoms with E-state index in [0.717, 1.165) is 0 Å². The Bertz CT molecular complexity index is 727. The van der Waals surface area contributed by atoms with Gasteiger partial charge in [-0.1, -0.05) is 5.16 Å². The first-order chi connectivity index (χ1) is 12.2. The van der Waals surface area contributed by atoms with Gasteiger partial charge in [0.15, 0.2) is 0 Å². The fourth-order valence-electron chi connectivity index (χ4n) is 2.50. The van der Waals surface area contributed by atoms with E-state index in [1.807, 2.05) is 0 Å². The summed E-state index contributed by atoms with van der Waals surface area (Å²) in [7, 11) is 0. The number of amides is 2. The lowest BCUT2D eigenvalue weighted by molar-refractivity contribution is 0.0829. The third-order valence-corrected chi connectivity index (χ3v) is 3.77. The Morgan fingerprint density at radius 1 is 1.36 bits per heavy atom. The maximum atomic E-state index is 12.2. The molecule has 2 aromatic rings. The molecule has 132 valence electrons. The molecule has 1 fully saturated rings. The molecule has 0 aromatic carbocycles. The number of carbonyl (C=O) groups excluding carboxylic acids is 2. The number of rotatable bonds is 4. The van der Waals surface area contributed by atoms with Crippen LogP contribution < -0.4 is 5.32 Å². The van der Waals surface area contributed by atoms with E-state index in [9.17, 15) is 9.59 Å². The summed E-state index contributed by atoms with van der Waals surface area (Å²) in [5, 5.41) is 6.58. The number of ether oxygens (including phenoxy) is 1. The van der Waals surface area contributed by atoms with E-state index in [0.29, 0.717) is 38.2 Å². The van der Waals surface area contributed by atoms with Crippen LogP contribution in [0.25, 0.3) is 11.5 Å². The second kappa shape index (κ2) is 7.69. The predicted molar refractivity (Wildman–Crippen MR) is 84.4 cm³/mol. The van der Waals surface area contributed by atoms with Crippen LogP contribution in [0, 0.1) is 0 Å². The molecule has 0 unspecified atom stereocenters. The molecule has 2 amide bonds. The molecule has 1 aliphatic heterocycles. The fraction of sp³-hybridized carbons (Fsp3) is 0.467. The average molecular weight is 346 g/mol. The van der Waals surface area contributed by atoms with Gasteiger partial charge < -0.3 is 19.5 Å². The molecule has 2 aromatic heterocycles. The fourth-order valence-corrected chi connectivity index (χ4v) is 2.50. The van der Waals surface area contributed by atoms with Crippen LogP contribution in [-0.2, 0) is 4.74 Å². The topological polar surface area (TPSA) is 123 Å². The second-order valence-corrected chi connectivity index (χ2v) is 5.45. The Labute approximate surface area is 143 Å². The van der Waals surface area contributed by atoms with Gasteiger partial charge >= 0.3 is 17.9 Å². The van der Waals surface area contributed by atoms with Gasteiger partial charge in [0.25, 0.3) is 0 Å². The van der Waals surface area contributed by atoms with Crippen molar-refractivity contribution in [3.63, 3.8) is 0 Å². The number of nitrogens with zero attached hydrogens (tertiary/aromatic N) is 5. The maximum Gasteiger partial charge on any atom is 0.409 e. The average Bonchev–Trinajstić information content (AvgIpc) is 3.13. The number of likely N-dealkylation sites (tertiary alicyclic amines) is 1. The Hall–Kier alpha value is -3.04. The molecule has 1 N–H and O–H groups in total. The maximum absolute atomic E-state index is 12.2. The zero-order chi connectivity index (χ0) is 17.6. The first-order valence-electron chi connectivity index (χ1n) is 8.00. The van der Waals surface area contributed by atoms with E-state index >= 15 is 0 Å². The summed E-state index contributed by atoms with van der Waals surface area (Å²) in [5.41, 5.74) is 0.424. The molecule has 0 spiro atoms. The Kier molecular flexibility index (Phi) is 5.17. The Balaban J connectivity index is 1.54. The lowest BCUT2D eigenvalue weighted by Gasteiger charge is -2.31. The van der Waals surface area contributed by atoms with Crippen molar-refractivity contribution in [1.29, 1.82) is 0 Å². The van der Waals surface area contributed by atoms with Crippen molar-refractivity contribution in [2.75, 3.05) is 19.7 Å². The molecule has 25 heavy (non-hydrogen) atoms.